The Hall–Kier alpha value is -3.67. The van der Waals surface area contributed by atoms with Crippen LogP contribution < -0.4 is 15.8 Å². The van der Waals surface area contributed by atoms with Gasteiger partial charge in [0, 0.05) is 28.5 Å². The van der Waals surface area contributed by atoms with Crippen molar-refractivity contribution in [1.29, 1.82) is 0 Å². The zero-order valence-electron chi connectivity index (χ0n) is 15.8. The number of ether oxygens (including phenoxy) is 1. The number of fused-ring (bicyclic) bond motifs is 4. The van der Waals surface area contributed by atoms with E-state index in [1.165, 1.54) is 12.3 Å². The fourth-order valence-corrected chi connectivity index (χ4v) is 4.00. The molecule has 0 saturated carbocycles. The summed E-state index contributed by atoms with van der Waals surface area (Å²) >= 11 is 0. The molecule has 144 valence electrons. The molecular formula is C23H16O6. The van der Waals surface area contributed by atoms with Gasteiger partial charge in [0.2, 0.25) is 0 Å². The highest BCUT2D eigenvalue weighted by Crippen LogP contribution is 2.42. The van der Waals surface area contributed by atoms with Gasteiger partial charge >= 0.3 is 11.6 Å². The first-order valence-electron chi connectivity index (χ1n) is 9.22. The molecule has 0 fully saturated rings. The van der Waals surface area contributed by atoms with Gasteiger partial charge < -0.3 is 13.6 Å². The van der Waals surface area contributed by atoms with E-state index in [9.17, 15) is 14.4 Å². The Labute approximate surface area is 164 Å². The third-order valence-electron chi connectivity index (χ3n) is 5.39. The number of hydrogen-bond acceptors (Lipinski definition) is 6. The molecule has 29 heavy (non-hydrogen) atoms. The number of aryl methyl sites for hydroxylation is 2. The number of esters is 1. The number of hydrogen-bond donors (Lipinski definition) is 0. The predicted octanol–water partition coefficient (Wildman–Crippen LogP) is 3.96. The lowest BCUT2D eigenvalue weighted by atomic mass is 9.85. The average Bonchev–Trinajstić information content (AvgIpc) is 2.67. The van der Waals surface area contributed by atoms with E-state index in [0.717, 1.165) is 16.5 Å². The largest absolute Gasteiger partial charge is 0.464 e. The second kappa shape index (κ2) is 6.17. The highest BCUT2D eigenvalue weighted by atomic mass is 16.5. The van der Waals surface area contributed by atoms with Crippen LogP contribution in [0, 0.1) is 13.8 Å². The number of rotatable bonds is 1. The van der Waals surface area contributed by atoms with Gasteiger partial charge in [-0.2, -0.15) is 0 Å². The van der Waals surface area contributed by atoms with Gasteiger partial charge in [0.05, 0.1) is 18.1 Å². The molecule has 2 aromatic heterocycles. The summed E-state index contributed by atoms with van der Waals surface area (Å²) in [5.74, 6) is -0.808. The highest BCUT2D eigenvalue weighted by Gasteiger charge is 2.34. The van der Waals surface area contributed by atoms with Gasteiger partial charge in [0.25, 0.3) is 0 Å². The maximum Gasteiger partial charge on any atom is 0.336 e. The second-order valence-electron chi connectivity index (χ2n) is 7.35. The third kappa shape index (κ3) is 2.68. The Morgan fingerprint density at radius 1 is 0.966 bits per heavy atom. The third-order valence-corrected chi connectivity index (χ3v) is 5.39. The molecule has 1 atom stereocenters. The van der Waals surface area contributed by atoms with E-state index in [1.54, 1.807) is 24.3 Å². The van der Waals surface area contributed by atoms with Crippen molar-refractivity contribution in [2.24, 2.45) is 0 Å². The maximum absolute atomic E-state index is 13.3. The molecule has 0 saturated heterocycles. The monoisotopic (exact) mass is 388 g/mol. The summed E-state index contributed by atoms with van der Waals surface area (Å²) in [5.41, 5.74) is 2.61. The lowest BCUT2D eigenvalue weighted by Crippen LogP contribution is -2.25. The zero-order valence-corrected chi connectivity index (χ0v) is 15.8. The first-order valence-corrected chi connectivity index (χ1v) is 9.22. The minimum Gasteiger partial charge on any atom is -0.464 e. The molecule has 2 aromatic carbocycles. The van der Waals surface area contributed by atoms with Crippen molar-refractivity contribution in [1.82, 2.24) is 0 Å². The first kappa shape index (κ1) is 17.4. The average molecular weight is 388 g/mol. The first-order chi connectivity index (χ1) is 13.9. The standard InChI is InChI=1S/C23H16O6/c1-11-3-5-17-15(7-11)22(26)16(10-27-17)14-9-20(25)28-18-6-4-13-12(2)8-19(24)29-23(13)21(14)18/h3-8,10,14H,9H2,1-2H3. The summed E-state index contributed by atoms with van der Waals surface area (Å²) in [6.07, 6.45) is 1.34. The minimum atomic E-state index is -0.638. The molecule has 0 radical (unpaired) electrons. The van der Waals surface area contributed by atoms with Gasteiger partial charge in [-0.05, 0) is 43.7 Å². The number of carbonyl (C=O) groups is 1. The van der Waals surface area contributed by atoms with Crippen LogP contribution in [-0.2, 0) is 4.79 Å². The Morgan fingerprint density at radius 3 is 2.62 bits per heavy atom. The smallest absolute Gasteiger partial charge is 0.336 e. The Kier molecular flexibility index (Phi) is 3.71. The summed E-state index contributed by atoms with van der Waals surface area (Å²) in [4.78, 5) is 37.5. The molecule has 4 aromatic rings. The van der Waals surface area contributed by atoms with Crippen molar-refractivity contribution < 1.29 is 18.4 Å². The van der Waals surface area contributed by atoms with Gasteiger partial charge in [-0.25, -0.2) is 4.79 Å². The molecule has 0 aliphatic carbocycles. The van der Waals surface area contributed by atoms with E-state index in [4.69, 9.17) is 13.6 Å². The van der Waals surface area contributed by atoms with Crippen molar-refractivity contribution in [3.63, 3.8) is 0 Å². The van der Waals surface area contributed by atoms with E-state index in [1.807, 2.05) is 19.9 Å². The summed E-state index contributed by atoms with van der Waals surface area (Å²) < 4.78 is 16.6. The van der Waals surface area contributed by atoms with Gasteiger partial charge in [-0.3, -0.25) is 9.59 Å². The fourth-order valence-electron chi connectivity index (χ4n) is 4.00. The number of carbonyl (C=O) groups excluding carboxylic acids is 1. The van der Waals surface area contributed by atoms with Crippen LogP contribution in [0.4, 0.5) is 0 Å². The summed E-state index contributed by atoms with van der Waals surface area (Å²) in [7, 11) is 0. The highest BCUT2D eigenvalue weighted by molar-refractivity contribution is 5.90. The van der Waals surface area contributed by atoms with E-state index in [2.05, 4.69) is 0 Å². The lowest BCUT2D eigenvalue weighted by molar-refractivity contribution is -0.135. The normalized spacial score (nSPS) is 16.1. The van der Waals surface area contributed by atoms with Crippen LogP contribution in [0.5, 0.6) is 5.75 Å². The topological polar surface area (TPSA) is 86.7 Å². The minimum absolute atomic E-state index is 0.0498. The van der Waals surface area contributed by atoms with Crippen LogP contribution >= 0.6 is 0 Å². The van der Waals surface area contributed by atoms with Crippen LogP contribution in [0.15, 0.2) is 61.1 Å². The van der Waals surface area contributed by atoms with Crippen molar-refractivity contribution >= 4 is 27.9 Å². The van der Waals surface area contributed by atoms with Crippen LogP contribution in [0.1, 0.15) is 34.6 Å². The summed E-state index contributed by atoms with van der Waals surface area (Å²) in [5, 5.41) is 1.17. The fraction of sp³-hybridized carbons (Fsp3) is 0.174. The van der Waals surface area contributed by atoms with Crippen molar-refractivity contribution in [3.8, 4) is 5.75 Å². The van der Waals surface area contributed by atoms with Gasteiger partial charge in [0.15, 0.2) is 5.43 Å². The van der Waals surface area contributed by atoms with Gasteiger partial charge in [0.1, 0.15) is 16.9 Å². The van der Waals surface area contributed by atoms with E-state index < -0.39 is 17.5 Å². The molecule has 6 heteroatoms. The van der Waals surface area contributed by atoms with Crippen molar-refractivity contribution in [3.05, 3.63) is 85.6 Å². The molecule has 0 spiro atoms. The van der Waals surface area contributed by atoms with Gasteiger partial charge in [-0.15, -0.1) is 0 Å². The van der Waals surface area contributed by atoms with Crippen molar-refractivity contribution in [2.45, 2.75) is 26.2 Å². The van der Waals surface area contributed by atoms with Crippen LogP contribution in [0.3, 0.4) is 0 Å². The summed E-state index contributed by atoms with van der Waals surface area (Å²) in [6, 6.07) is 10.2. The van der Waals surface area contributed by atoms with Crippen LogP contribution in [0.25, 0.3) is 21.9 Å². The zero-order chi connectivity index (χ0) is 20.3. The Balaban J connectivity index is 1.85. The van der Waals surface area contributed by atoms with E-state index in [0.29, 0.717) is 27.7 Å². The molecule has 3 heterocycles. The SMILES string of the molecule is Cc1ccc2occ(C3CC(=O)Oc4ccc5c(C)cc(=O)oc5c43)c(=O)c2c1. The summed E-state index contributed by atoms with van der Waals surface area (Å²) in [6.45, 7) is 3.70. The molecule has 0 bridgehead atoms. The predicted molar refractivity (Wildman–Crippen MR) is 107 cm³/mol. The van der Waals surface area contributed by atoms with E-state index in [-0.39, 0.29) is 17.6 Å². The van der Waals surface area contributed by atoms with E-state index >= 15 is 0 Å². The van der Waals surface area contributed by atoms with Crippen LogP contribution in [-0.4, -0.2) is 5.97 Å². The molecule has 0 N–H and O–H groups in total. The molecular weight excluding hydrogens is 372 g/mol. The van der Waals surface area contributed by atoms with Gasteiger partial charge in [-0.1, -0.05) is 11.6 Å². The molecule has 1 unspecified atom stereocenters. The maximum atomic E-state index is 13.3. The number of benzene rings is 2. The molecule has 5 rings (SSSR count). The quantitative estimate of drug-likeness (QED) is 0.279. The Bertz CT molecular complexity index is 1440. The molecule has 1 aliphatic rings. The molecule has 1 aliphatic heterocycles. The second-order valence-corrected chi connectivity index (χ2v) is 7.35. The van der Waals surface area contributed by atoms with Crippen LogP contribution in [0.2, 0.25) is 0 Å². The Morgan fingerprint density at radius 2 is 1.79 bits per heavy atom. The molecule has 0 amide bonds. The lowest BCUT2D eigenvalue weighted by Gasteiger charge is -2.25. The van der Waals surface area contributed by atoms with Crippen molar-refractivity contribution in [2.75, 3.05) is 0 Å². The molecule has 6 nitrogen and oxygen atoms in total.